The van der Waals surface area contributed by atoms with E-state index in [1.807, 2.05) is 6.07 Å². The second-order valence-corrected chi connectivity index (χ2v) is 7.25. The minimum atomic E-state index is -3.80. The normalized spacial score (nSPS) is 14.0. The van der Waals surface area contributed by atoms with Crippen molar-refractivity contribution < 1.29 is 23.0 Å². The van der Waals surface area contributed by atoms with Crippen molar-refractivity contribution in [1.82, 2.24) is 4.72 Å². The lowest BCUT2D eigenvalue weighted by Gasteiger charge is -2.24. The van der Waals surface area contributed by atoms with Gasteiger partial charge in [0, 0.05) is 12.6 Å². The fourth-order valence-electron chi connectivity index (χ4n) is 2.20. The Bertz CT molecular complexity index is 788. The second-order valence-electron chi connectivity index (χ2n) is 5.48. The number of sulfonamides is 1. The van der Waals surface area contributed by atoms with Gasteiger partial charge < -0.3 is 14.6 Å². The van der Waals surface area contributed by atoms with Gasteiger partial charge in [-0.25, -0.2) is 13.1 Å². The highest BCUT2D eigenvalue weighted by Crippen LogP contribution is 2.29. The fraction of sp³-hybridized carbons (Fsp3) is 0.294. The highest BCUT2D eigenvalue weighted by atomic mass is 32.2. The first-order chi connectivity index (χ1) is 11.3. The largest absolute Gasteiger partial charge is 0.493 e. The molecule has 7 heteroatoms. The van der Waals surface area contributed by atoms with Crippen LogP contribution in [-0.2, 0) is 15.6 Å². The van der Waals surface area contributed by atoms with Crippen molar-refractivity contribution in [3.63, 3.8) is 0 Å². The monoisotopic (exact) mass is 351 g/mol. The van der Waals surface area contributed by atoms with Gasteiger partial charge >= 0.3 is 0 Å². The van der Waals surface area contributed by atoms with E-state index < -0.39 is 15.6 Å². The first-order valence-corrected chi connectivity index (χ1v) is 8.78. The van der Waals surface area contributed by atoms with Crippen molar-refractivity contribution >= 4 is 10.0 Å². The van der Waals surface area contributed by atoms with Crippen LogP contribution < -0.4 is 14.2 Å². The molecule has 2 N–H and O–H groups in total. The molecule has 0 saturated carbocycles. The molecular formula is C17H21NO5S. The molecule has 0 aliphatic rings. The quantitative estimate of drug-likeness (QED) is 0.796. The smallest absolute Gasteiger partial charge is 0.240 e. The molecule has 0 bridgehead atoms. The van der Waals surface area contributed by atoms with Crippen molar-refractivity contribution in [1.29, 1.82) is 0 Å². The molecule has 6 nitrogen and oxygen atoms in total. The zero-order valence-corrected chi connectivity index (χ0v) is 14.6. The van der Waals surface area contributed by atoms with Crippen molar-refractivity contribution in [3.05, 3.63) is 54.1 Å². The Morgan fingerprint density at radius 3 is 2.25 bits per heavy atom. The van der Waals surface area contributed by atoms with Gasteiger partial charge in [0.15, 0.2) is 11.5 Å². The third kappa shape index (κ3) is 4.05. The molecule has 0 aromatic heterocycles. The van der Waals surface area contributed by atoms with Gasteiger partial charge in [-0.2, -0.15) is 0 Å². The molecule has 0 aliphatic carbocycles. The third-order valence-electron chi connectivity index (χ3n) is 3.67. The summed E-state index contributed by atoms with van der Waals surface area (Å²) < 4.78 is 37.6. The molecule has 2 aromatic carbocycles. The molecule has 1 atom stereocenters. The van der Waals surface area contributed by atoms with E-state index >= 15 is 0 Å². The first kappa shape index (κ1) is 18.3. The maximum Gasteiger partial charge on any atom is 0.240 e. The van der Waals surface area contributed by atoms with Crippen LogP contribution in [0.5, 0.6) is 11.5 Å². The van der Waals surface area contributed by atoms with E-state index in [0.717, 1.165) is 0 Å². The summed E-state index contributed by atoms with van der Waals surface area (Å²) in [5, 5.41) is 10.5. The van der Waals surface area contributed by atoms with E-state index in [9.17, 15) is 13.5 Å². The number of hydrogen-bond donors (Lipinski definition) is 2. The van der Waals surface area contributed by atoms with Gasteiger partial charge in [0.05, 0.1) is 19.1 Å². The summed E-state index contributed by atoms with van der Waals surface area (Å²) in [5.74, 6) is 0.753. The summed E-state index contributed by atoms with van der Waals surface area (Å²) in [6.07, 6.45) is 0. The van der Waals surface area contributed by atoms with Crippen LogP contribution in [0, 0.1) is 0 Å². The number of nitrogens with one attached hydrogen (secondary N) is 1. The van der Waals surface area contributed by atoms with Gasteiger partial charge in [-0.15, -0.1) is 0 Å². The van der Waals surface area contributed by atoms with E-state index in [0.29, 0.717) is 17.1 Å². The van der Waals surface area contributed by atoms with Crippen LogP contribution in [0.1, 0.15) is 12.5 Å². The highest BCUT2D eigenvalue weighted by Gasteiger charge is 2.26. The molecule has 0 radical (unpaired) electrons. The fourth-order valence-corrected chi connectivity index (χ4v) is 3.35. The minimum absolute atomic E-state index is 0.0315. The summed E-state index contributed by atoms with van der Waals surface area (Å²) in [4.78, 5) is 0.0315. The number of methoxy groups -OCH3 is 2. The Kier molecular flexibility index (Phi) is 5.48. The Morgan fingerprint density at radius 2 is 1.67 bits per heavy atom. The van der Waals surface area contributed by atoms with E-state index in [1.54, 1.807) is 31.2 Å². The maximum atomic E-state index is 12.5. The third-order valence-corrected chi connectivity index (χ3v) is 5.07. The van der Waals surface area contributed by atoms with Crippen molar-refractivity contribution in [2.24, 2.45) is 0 Å². The number of aliphatic hydroxyl groups is 1. The number of hydrogen-bond acceptors (Lipinski definition) is 5. The topological polar surface area (TPSA) is 84.9 Å². The Labute approximate surface area is 142 Å². The molecule has 0 fully saturated rings. The molecular weight excluding hydrogens is 330 g/mol. The maximum absolute atomic E-state index is 12.5. The SMILES string of the molecule is COc1ccc(S(=O)(=O)NC[C@](C)(O)c2ccccc2)cc1OC. The summed E-state index contributed by atoms with van der Waals surface area (Å²) in [6, 6.07) is 13.2. The average Bonchev–Trinajstić information content (AvgIpc) is 2.60. The molecule has 2 aromatic rings. The predicted octanol–water partition coefficient (Wildman–Crippen LogP) is 1.89. The molecule has 0 aliphatic heterocycles. The Morgan fingerprint density at radius 1 is 1.04 bits per heavy atom. The van der Waals surface area contributed by atoms with Gasteiger partial charge in [0.1, 0.15) is 5.60 Å². The van der Waals surface area contributed by atoms with Crippen LogP contribution in [0.25, 0.3) is 0 Å². The van der Waals surface area contributed by atoms with Crippen LogP contribution in [-0.4, -0.2) is 34.3 Å². The van der Waals surface area contributed by atoms with Crippen molar-refractivity contribution in [2.45, 2.75) is 17.4 Å². The highest BCUT2D eigenvalue weighted by molar-refractivity contribution is 7.89. The van der Waals surface area contributed by atoms with E-state index in [-0.39, 0.29) is 11.4 Å². The summed E-state index contributed by atoms with van der Waals surface area (Å²) in [5.41, 5.74) is -0.703. The molecule has 0 heterocycles. The van der Waals surface area contributed by atoms with Gasteiger partial charge in [0.25, 0.3) is 0 Å². The summed E-state index contributed by atoms with van der Waals surface area (Å²) in [7, 11) is -0.899. The zero-order valence-electron chi connectivity index (χ0n) is 13.8. The lowest BCUT2D eigenvalue weighted by Crippen LogP contribution is -2.38. The summed E-state index contributed by atoms with van der Waals surface area (Å²) >= 11 is 0. The molecule has 2 rings (SSSR count). The van der Waals surface area contributed by atoms with Crippen LogP contribution in [0.4, 0.5) is 0 Å². The van der Waals surface area contributed by atoms with Crippen molar-refractivity contribution in [3.8, 4) is 11.5 Å². The number of ether oxygens (including phenoxy) is 2. The molecule has 0 unspecified atom stereocenters. The van der Waals surface area contributed by atoms with Crippen molar-refractivity contribution in [2.75, 3.05) is 20.8 Å². The average molecular weight is 351 g/mol. The Hall–Kier alpha value is -2.09. The molecule has 130 valence electrons. The van der Waals surface area contributed by atoms with Crippen LogP contribution >= 0.6 is 0 Å². The molecule has 24 heavy (non-hydrogen) atoms. The zero-order chi connectivity index (χ0) is 17.8. The lowest BCUT2D eigenvalue weighted by molar-refractivity contribution is 0.0627. The minimum Gasteiger partial charge on any atom is -0.493 e. The van der Waals surface area contributed by atoms with E-state index in [4.69, 9.17) is 9.47 Å². The standard InChI is InChI=1S/C17H21NO5S/c1-17(19,13-7-5-4-6-8-13)12-18-24(20,21)14-9-10-15(22-2)16(11-14)23-3/h4-11,18-19H,12H2,1-3H3/t17-/m0/s1. The van der Waals surface area contributed by atoms with Gasteiger partial charge in [-0.05, 0) is 24.6 Å². The first-order valence-electron chi connectivity index (χ1n) is 7.30. The number of benzene rings is 2. The molecule has 0 amide bonds. The van der Waals surface area contributed by atoms with Crippen LogP contribution in [0.2, 0.25) is 0 Å². The van der Waals surface area contributed by atoms with Gasteiger partial charge in [-0.3, -0.25) is 0 Å². The van der Waals surface area contributed by atoms with E-state index in [1.165, 1.54) is 32.4 Å². The molecule has 0 spiro atoms. The van der Waals surface area contributed by atoms with E-state index in [2.05, 4.69) is 4.72 Å². The Balaban J connectivity index is 2.20. The second kappa shape index (κ2) is 7.21. The predicted molar refractivity (Wildman–Crippen MR) is 90.7 cm³/mol. The van der Waals surface area contributed by atoms with Gasteiger partial charge in [-0.1, -0.05) is 30.3 Å². The number of rotatable bonds is 7. The lowest BCUT2D eigenvalue weighted by atomic mass is 9.97. The van der Waals surface area contributed by atoms with Gasteiger partial charge in [0.2, 0.25) is 10.0 Å². The molecule has 0 saturated heterocycles. The van der Waals surface area contributed by atoms with Crippen LogP contribution in [0.15, 0.2) is 53.4 Å². The summed E-state index contributed by atoms with van der Waals surface area (Å²) in [6.45, 7) is 1.40. The van der Waals surface area contributed by atoms with Crippen LogP contribution in [0.3, 0.4) is 0 Å².